The van der Waals surface area contributed by atoms with Gasteiger partial charge in [-0.15, -0.1) is 0 Å². The first-order valence-corrected chi connectivity index (χ1v) is 7.71. The molecule has 0 saturated heterocycles. The molecule has 0 aliphatic rings. The molecule has 0 saturated carbocycles. The van der Waals surface area contributed by atoms with Crippen LogP contribution in [0.4, 0.5) is 0 Å². The molecular formula is C14H27BrN4O. The second-order valence-corrected chi connectivity index (χ2v) is 7.02. The van der Waals surface area contributed by atoms with E-state index >= 15 is 0 Å². The second-order valence-electron chi connectivity index (χ2n) is 6.17. The molecule has 0 spiro atoms. The highest BCUT2D eigenvalue weighted by atomic mass is 79.9. The van der Waals surface area contributed by atoms with E-state index in [1.807, 2.05) is 17.9 Å². The van der Waals surface area contributed by atoms with E-state index in [0.29, 0.717) is 6.61 Å². The van der Waals surface area contributed by atoms with E-state index < -0.39 is 0 Å². The van der Waals surface area contributed by atoms with Crippen LogP contribution in [0.5, 0.6) is 0 Å². The number of likely N-dealkylation sites (N-methyl/N-ethyl adjacent to an activating group) is 2. The van der Waals surface area contributed by atoms with Crippen molar-refractivity contribution in [2.45, 2.75) is 39.0 Å². The van der Waals surface area contributed by atoms with Gasteiger partial charge < -0.3 is 15.0 Å². The topological polar surface area (TPSA) is 42.3 Å². The summed E-state index contributed by atoms with van der Waals surface area (Å²) < 4.78 is 8.97. The number of aromatic nitrogens is 2. The van der Waals surface area contributed by atoms with Crippen LogP contribution in [0.25, 0.3) is 0 Å². The predicted molar refractivity (Wildman–Crippen MR) is 86.0 cm³/mol. The van der Waals surface area contributed by atoms with E-state index in [4.69, 9.17) is 4.74 Å². The van der Waals surface area contributed by atoms with Gasteiger partial charge in [0.15, 0.2) is 0 Å². The lowest BCUT2D eigenvalue weighted by Crippen LogP contribution is -2.31. The molecule has 1 rings (SSSR count). The summed E-state index contributed by atoms with van der Waals surface area (Å²) in [5.74, 6) is 0. The normalized spacial score (nSPS) is 14.0. The monoisotopic (exact) mass is 346 g/mol. The summed E-state index contributed by atoms with van der Waals surface area (Å²) in [6, 6.07) is 0.119. The lowest BCUT2D eigenvalue weighted by molar-refractivity contribution is -0.0150. The van der Waals surface area contributed by atoms with Gasteiger partial charge in [0.1, 0.15) is 0 Å². The van der Waals surface area contributed by atoms with Crippen LogP contribution in [-0.4, -0.2) is 54.6 Å². The van der Waals surface area contributed by atoms with Gasteiger partial charge in [0, 0.05) is 6.54 Å². The number of hydrogen-bond acceptors (Lipinski definition) is 4. The molecular weight excluding hydrogens is 320 g/mol. The van der Waals surface area contributed by atoms with Crippen LogP contribution in [0.15, 0.2) is 10.7 Å². The van der Waals surface area contributed by atoms with E-state index in [1.54, 1.807) is 0 Å². The summed E-state index contributed by atoms with van der Waals surface area (Å²) in [6.45, 7) is 8.64. The maximum atomic E-state index is 5.91. The maximum Gasteiger partial charge on any atom is 0.0739 e. The molecule has 1 unspecified atom stereocenters. The fourth-order valence-corrected chi connectivity index (χ4v) is 2.40. The third-order valence-corrected chi connectivity index (χ3v) is 3.56. The molecule has 0 bridgehead atoms. The summed E-state index contributed by atoms with van der Waals surface area (Å²) in [4.78, 5) is 2.15. The molecule has 1 heterocycles. The number of halogens is 1. The molecule has 116 valence electrons. The van der Waals surface area contributed by atoms with Crippen molar-refractivity contribution in [1.29, 1.82) is 0 Å². The lowest BCUT2D eigenvalue weighted by atomic mass is 10.1. The van der Waals surface area contributed by atoms with Crippen molar-refractivity contribution >= 4 is 15.9 Å². The molecule has 1 aromatic rings. The van der Waals surface area contributed by atoms with Crippen LogP contribution in [-0.2, 0) is 11.3 Å². The van der Waals surface area contributed by atoms with Crippen molar-refractivity contribution in [2.75, 3.05) is 34.3 Å². The Bertz CT molecular complexity index is 412. The lowest BCUT2D eigenvalue weighted by Gasteiger charge is -2.25. The van der Waals surface area contributed by atoms with Gasteiger partial charge in [0.25, 0.3) is 0 Å². The smallest absolute Gasteiger partial charge is 0.0739 e. The molecule has 1 N–H and O–H groups in total. The molecule has 0 aliphatic carbocycles. The van der Waals surface area contributed by atoms with Crippen LogP contribution in [0, 0.1) is 0 Å². The Morgan fingerprint density at radius 2 is 2.10 bits per heavy atom. The van der Waals surface area contributed by atoms with Crippen LogP contribution in [0.2, 0.25) is 0 Å². The maximum absolute atomic E-state index is 5.91. The van der Waals surface area contributed by atoms with Crippen molar-refractivity contribution in [1.82, 2.24) is 20.0 Å². The van der Waals surface area contributed by atoms with E-state index in [1.165, 1.54) is 0 Å². The second kappa shape index (κ2) is 7.54. The van der Waals surface area contributed by atoms with Gasteiger partial charge in [0.05, 0.1) is 41.2 Å². The van der Waals surface area contributed by atoms with Crippen molar-refractivity contribution in [3.8, 4) is 0 Å². The number of hydrogen-bond donors (Lipinski definition) is 1. The third-order valence-electron chi connectivity index (χ3n) is 2.95. The predicted octanol–water partition coefficient (Wildman–Crippen LogP) is 2.28. The Morgan fingerprint density at radius 1 is 1.45 bits per heavy atom. The Kier molecular flexibility index (Phi) is 6.64. The zero-order valence-corrected chi connectivity index (χ0v) is 15.0. The average molecular weight is 347 g/mol. The molecule has 20 heavy (non-hydrogen) atoms. The Hall–Kier alpha value is -0.430. The molecule has 0 radical (unpaired) electrons. The largest absolute Gasteiger partial charge is 0.374 e. The molecule has 1 atom stereocenters. The number of nitrogens with one attached hydrogen (secondary N) is 1. The van der Waals surface area contributed by atoms with Gasteiger partial charge in [0.2, 0.25) is 0 Å². The van der Waals surface area contributed by atoms with Crippen LogP contribution >= 0.6 is 15.9 Å². The van der Waals surface area contributed by atoms with Crippen molar-refractivity contribution in [3.05, 3.63) is 16.4 Å². The molecule has 0 aliphatic heterocycles. The van der Waals surface area contributed by atoms with Crippen LogP contribution in [0.3, 0.4) is 0 Å². The van der Waals surface area contributed by atoms with Crippen LogP contribution < -0.4 is 5.32 Å². The molecule has 0 fully saturated rings. The SMILES string of the molecule is CNC(COC(C)(C)C)c1c(Br)cnn1CCN(C)C. The van der Waals surface area contributed by atoms with Gasteiger partial charge in [-0.05, 0) is 57.8 Å². The summed E-state index contributed by atoms with van der Waals surface area (Å²) >= 11 is 3.59. The standard InChI is InChI=1S/C14H27BrN4O/c1-14(2,3)20-10-12(16-4)13-11(15)9-17-19(13)8-7-18(5)6/h9,12,16H,7-8,10H2,1-6H3. The van der Waals surface area contributed by atoms with E-state index in [-0.39, 0.29) is 11.6 Å². The van der Waals surface area contributed by atoms with Gasteiger partial charge in [-0.3, -0.25) is 4.68 Å². The molecule has 0 amide bonds. The molecule has 6 heteroatoms. The van der Waals surface area contributed by atoms with Gasteiger partial charge in [-0.2, -0.15) is 5.10 Å². The summed E-state index contributed by atoms with van der Waals surface area (Å²) in [5, 5.41) is 7.77. The summed E-state index contributed by atoms with van der Waals surface area (Å²) in [5.41, 5.74) is 0.995. The third kappa shape index (κ3) is 5.52. The number of nitrogens with zero attached hydrogens (tertiary/aromatic N) is 3. The van der Waals surface area contributed by atoms with E-state index in [0.717, 1.165) is 23.3 Å². The van der Waals surface area contributed by atoms with Gasteiger partial charge in [-0.25, -0.2) is 0 Å². The van der Waals surface area contributed by atoms with Crippen molar-refractivity contribution in [2.24, 2.45) is 0 Å². The van der Waals surface area contributed by atoms with Crippen molar-refractivity contribution in [3.63, 3.8) is 0 Å². The zero-order chi connectivity index (χ0) is 15.3. The first-order chi connectivity index (χ1) is 9.24. The minimum atomic E-state index is -0.143. The first-order valence-electron chi connectivity index (χ1n) is 6.91. The zero-order valence-electron chi connectivity index (χ0n) is 13.4. The van der Waals surface area contributed by atoms with E-state index in [9.17, 15) is 0 Å². The van der Waals surface area contributed by atoms with Gasteiger partial charge in [-0.1, -0.05) is 0 Å². The summed E-state index contributed by atoms with van der Waals surface area (Å²) in [6.07, 6.45) is 1.85. The molecule has 5 nitrogen and oxygen atoms in total. The molecule has 1 aromatic heterocycles. The highest BCUT2D eigenvalue weighted by Gasteiger charge is 2.21. The van der Waals surface area contributed by atoms with Gasteiger partial charge >= 0.3 is 0 Å². The minimum Gasteiger partial charge on any atom is -0.374 e. The highest BCUT2D eigenvalue weighted by molar-refractivity contribution is 9.10. The molecule has 0 aromatic carbocycles. The first kappa shape index (κ1) is 17.6. The Morgan fingerprint density at radius 3 is 2.60 bits per heavy atom. The van der Waals surface area contributed by atoms with Crippen molar-refractivity contribution < 1.29 is 4.74 Å². The minimum absolute atomic E-state index is 0.119. The average Bonchev–Trinajstić information content (AvgIpc) is 2.68. The van der Waals surface area contributed by atoms with E-state index in [2.05, 4.69) is 66.1 Å². The quantitative estimate of drug-likeness (QED) is 0.822. The Balaban J connectivity index is 2.82. The summed E-state index contributed by atoms with van der Waals surface area (Å²) in [7, 11) is 6.08. The number of rotatable bonds is 7. The fraction of sp³-hybridized carbons (Fsp3) is 0.786. The fourth-order valence-electron chi connectivity index (χ4n) is 1.82. The highest BCUT2D eigenvalue weighted by Crippen LogP contribution is 2.24. The van der Waals surface area contributed by atoms with Crippen LogP contribution in [0.1, 0.15) is 32.5 Å². The number of ether oxygens (including phenoxy) is 1. The Labute approximate surface area is 130 Å².